The van der Waals surface area contributed by atoms with E-state index < -0.39 is 5.79 Å². The van der Waals surface area contributed by atoms with E-state index in [2.05, 4.69) is 32.9 Å². The molecular formula is C18H25NO3. The Kier molecular flexibility index (Phi) is 4.00. The summed E-state index contributed by atoms with van der Waals surface area (Å²) < 4.78 is 11.8. The van der Waals surface area contributed by atoms with Crippen LogP contribution in [0.2, 0.25) is 0 Å². The first kappa shape index (κ1) is 15.5. The third-order valence-corrected chi connectivity index (χ3v) is 4.54. The van der Waals surface area contributed by atoms with Gasteiger partial charge >= 0.3 is 0 Å². The molecule has 1 saturated heterocycles. The first-order valence-corrected chi connectivity index (χ1v) is 8.18. The lowest BCUT2D eigenvalue weighted by Crippen LogP contribution is -2.47. The fraction of sp³-hybridized carbons (Fsp3) is 0.611. The number of hydrogen-bond acceptors (Lipinski definition) is 3. The number of fused-ring (bicyclic) bond motifs is 2. The summed E-state index contributed by atoms with van der Waals surface area (Å²) in [5.74, 6) is -0.716. The molecule has 0 atom stereocenters. The van der Waals surface area contributed by atoms with Gasteiger partial charge < -0.3 is 14.4 Å². The van der Waals surface area contributed by atoms with Crippen molar-refractivity contribution in [2.24, 2.45) is 5.92 Å². The zero-order valence-corrected chi connectivity index (χ0v) is 13.9. The van der Waals surface area contributed by atoms with E-state index in [-0.39, 0.29) is 5.91 Å². The first-order chi connectivity index (χ1) is 10.5. The van der Waals surface area contributed by atoms with Gasteiger partial charge in [0.05, 0.1) is 18.9 Å². The number of anilines is 1. The summed E-state index contributed by atoms with van der Waals surface area (Å²) in [5, 5.41) is 0. The van der Waals surface area contributed by atoms with E-state index in [0.29, 0.717) is 25.7 Å². The lowest BCUT2D eigenvalue weighted by atomic mass is 9.97. The van der Waals surface area contributed by atoms with E-state index in [0.717, 1.165) is 35.2 Å². The smallest absolute Gasteiger partial charge is 0.292 e. The molecule has 1 aromatic rings. The van der Waals surface area contributed by atoms with E-state index >= 15 is 0 Å². The Labute approximate surface area is 132 Å². The molecule has 0 aliphatic carbocycles. The molecule has 2 aliphatic heterocycles. The number of rotatable bonds is 3. The minimum Gasteiger partial charge on any atom is -0.338 e. The van der Waals surface area contributed by atoms with Crippen molar-refractivity contribution in [2.45, 2.75) is 46.3 Å². The van der Waals surface area contributed by atoms with Gasteiger partial charge in [-0.15, -0.1) is 0 Å². The summed E-state index contributed by atoms with van der Waals surface area (Å²) in [6, 6.07) is 4.13. The van der Waals surface area contributed by atoms with Crippen LogP contribution in [-0.4, -0.2) is 25.7 Å². The molecule has 0 saturated carbocycles. The maximum Gasteiger partial charge on any atom is 0.292 e. The van der Waals surface area contributed by atoms with Crippen LogP contribution in [-0.2, 0) is 20.1 Å². The van der Waals surface area contributed by atoms with Crippen LogP contribution < -0.4 is 4.90 Å². The van der Waals surface area contributed by atoms with Gasteiger partial charge in [0.1, 0.15) is 0 Å². The van der Waals surface area contributed by atoms with Crippen LogP contribution in [0, 0.1) is 19.8 Å². The third-order valence-electron chi connectivity index (χ3n) is 4.54. The zero-order chi connectivity index (χ0) is 15.9. The van der Waals surface area contributed by atoms with Crippen LogP contribution in [0.3, 0.4) is 0 Å². The van der Waals surface area contributed by atoms with Crippen molar-refractivity contribution < 1.29 is 14.3 Å². The maximum atomic E-state index is 13.1. The van der Waals surface area contributed by atoms with Gasteiger partial charge in [0.2, 0.25) is 0 Å². The average Bonchev–Trinajstić information content (AvgIpc) is 2.73. The summed E-state index contributed by atoms with van der Waals surface area (Å²) >= 11 is 0. The van der Waals surface area contributed by atoms with Crippen molar-refractivity contribution in [1.82, 2.24) is 0 Å². The average molecular weight is 303 g/mol. The molecule has 2 aliphatic rings. The Morgan fingerprint density at radius 2 is 1.82 bits per heavy atom. The highest BCUT2D eigenvalue weighted by molar-refractivity contribution is 6.07. The van der Waals surface area contributed by atoms with Crippen LogP contribution in [0.4, 0.5) is 5.69 Å². The molecule has 1 fully saturated rings. The minimum atomic E-state index is -1.21. The minimum absolute atomic E-state index is 0.0553. The molecule has 0 aromatic heterocycles. The summed E-state index contributed by atoms with van der Waals surface area (Å²) in [7, 11) is 0. The van der Waals surface area contributed by atoms with E-state index in [1.54, 1.807) is 0 Å². The summed E-state index contributed by atoms with van der Waals surface area (Å²) in [5.41, 5.74) is 4.07. The van der Waals surface area contributed by atoms with Crippen LogP contribution in [0.25, 0.3) is 0 Å². The van der Waals surface area contributed by atoms with Gasteiger partial charge in [-0.25, -0.2) is 0 Å². The molecule has 4 heteroatoms. The molecule has 3 rings (SSSR count). The molecule has 0 bridgehead atoms. The Bertz CT molecular complexity index is 588. The molecule has 4 nitrogen and oxygen atoms in total. The van der Waals surface area contributed by atoms with Crippen LogP contribution in [0.15, 0.2) is 12.1 Å². The second-order valence-corrected chi connectivity index (χ2v) is 6.73. The SMILES string of the molecule is Cc1ccc(C)c2c1N(CCC(C)C)C(=O)C21OCCCO1. The highest BCUT2D eigenvalue weighted by Gasteiger charge is 2.55. The van der Waals surface area contributed by atoms with E-state index in [1.165, 1.54) is 0 Å². The largest absolute Gasteiger partial charge is 0.338 e. The fourth-order valence-electron chi connectivity index (χ4n) is 3.35. The number of carbonyl (C=O) groups excluding carboxylic acids is 1. The normalized spacial score (nSPS) is 20.0. The molecule has 22 heavy (non-hydrogen) atoms. The number of carbonyl (C=O) groups is 1. The zero-order valence-electron chi connectivity index (χ0n) is 13.9. The molecular weight excluding hydrogens is 278 g/mol. The maximum absolute atomic E-state index is 13.1. The highest BCUT2D eigenvalue weighted by Crippen LogP contribution is 2.48. The van der Waals surface area contributed by atoms with Crippen LogP contribution in [0.1, 0.15) is 43.4 Å². The summed E-state index contributed by atoms with van der Waals surface area (Å²) in [4.78, 5) is 15.0. The van der Waals surface area contributed by atoms with Gasteiger partial charge in [-0.3, -0.25) is 4.79 Å². The van der Waals surface area contributed by atoms with Crippen molar-refractivity contribution in [2.75, 3.05) is 24.7 Å². The summed E-state index contributed by atoms with van der Waals surface area (Å²) in [6.07, 6.45) is 1.80. The lowest BCUT2D eigenvalue weighted by Gasteiger charge is -2.33. The number of nitrogens with zero attached hydrogens (tertiary/aromatic N) is 1. The van der Waals surface area contributed by atoms with Crippen molar-refractivity contribution in [3.05, 3.63) is 28.8 Å². The van der Waals surface area contributed by atoms with E-state index in [1.807, 2.05) is 11.8 Å². The van der Waals surface area contributed by atoms with Gasteiger partial charge in [0, 0.05) is 12.1 Å². The van der Waals surface area contributed by atoms with E-state index in [4.69, 9.17) is 9.47 Å². The molecule has 1 amide bonds. The van der Waals surface area contributed by atoms with Gasteiger partial charge in [-0.05, 0) is 43.7 Å². The van der Waals surface area contributed by atoms with Crippen LogP contribution in [0.5, 0.6) is 0 Å². The number of benzene rings is 1. The highest BCUT2D eigenvalue weighted by atomic mass is 16.7. The van der Waals surface area contributed by atoms with Gasteiger partial charge in [0.15, 0.2) is 0 Å². The monoisotopic (exact) mass is 303 g/mol. The second kappa shape index (κ2) is 5.67. The third kappa shape index (κ3) is 2.25. The van der Waals surface area contributed by atoms with Crippen molar-refractivity contribution in [3.63, 3.8) is 0 Å². The van der Waals surface area contributed by atoms with Crippen molar-refractivity contribution in [3.8, 4) is 0 Å². The van der Waals surface area contributed by atoms with E-state index in [9.17, 15) is 4.79 Å². The quantitative estimate of drug-likeness (QED) is 0.860. The molecule has 1 aromatic carbocycles. The molecule has 0 radical (unpaired) electrons. The predicted molar refractivity (Wildman–Crippen MR) is 85.9 cm³/mol. The fourth-order valence-corrected chi connectivity index (χ4v) is 3.35. The molecule has 1 spiro atoms. The van der Waals surface area contributed by atoms with Crippen LogP contribution >= 0.6 is 0 Å². The van der Waals surface area contributed by atoms with Crippen molar-refractivity contribution in [1.29, 1.82) is 0 Å². The van der Waals surface area contributed by atoms with Crippen molar-refractivity contribution >= 4 is 11.6 Å². The lowest BCUT2D eigenvalue weighted by molar-refractivity contribution is -0.257. The summed E-state index contributed by atoms with van der Waals surface area (Å²) in [6.45, 7) is 10.3. The molecule has 2 heterocycles. The van der Waals surface area contributed by atoms with Gasteiger partial charge in [-0.2, -0.15) is 0 Å². The standard InChI is InChI=1S/C18H25NO3/c1-12(2)8-9-19-16-14(4)7-6-13(3)15(16)18(17(19)20)21-10-5-11-22-18/h6-7,12H,5,8-11H2,1-4H3. The number of amides is 1. The number of hydrogen-bond donors (Lipinski definition) is 0. The molecule has 0 N–H and O–H groups in total. The topological polar surface area (TPSA) is 38.8 Å². The molecule has 120 valence electrons. The molecule has 0 unspecified atom stereocenters. The predicted octanol–water partition coefficient (Wildman–Crippen LogP) is 3.29. The van der Waals surface area contributed by atoms with Gasteiger partial charge in [0.25, 0.3) is 11.7 Å². The van der Waals surface area contributed by atoms with Gasteiger partial charge in [-0.1, -0.05) is 26.0 Å². The second-order valence-electron chi connectivity index (χ2n) is 6.73. The number of aryl methyl sites for hydroxylation is 2. The Hall–Kier alpha value is -1.39. The number of ether oxygens (including phenoxy) is 2. The first-order valence-electron chi connectivity index (χ1n) is 8.18. The Balaban J connectivity index is 2.10. The Morgan fingerprint density at radius 1 is 1.18 bits per heavy atom. The Morgan fingerprint density at radius 3 is 2.45 bits per heavy atom.